The van der Waals surface area contributed by atoms with Gasteiger partial charge in [0, 0.05) is 48.6 Å². The Morgan fingerprint density at radius 3 is 2.40 bits per heavy atom. The number of thiophene rings is 1. The van der Waals surface area contributed by atoms with Crippen LogP contribution in [0.15, 0.2) is 66.0 Å². The van der Waals surface area contributed by atoms with E-state index < -0.39 is 6.04 Å². The largest absolute Gasteiger partial charge is 0.341 e. The Morgan fingerprint density at radius 1 is 1.02 bits per heavy atom. The fourth-order valence-electron chi connectivity index (χ4n) is 6.73. The van der Waals surface area contributed by atoms with Crippen LogP contribution in [0.4, 0.5) is 0 Å². The summed E-state index contributed by atoms with van der Waals surface area (Å²) in [5.41, 5.74) is 3.73. The zero-order chi connectivity index (χ0) is 31.9. The number of imidazole rings is 1. The maximum absolute atomic E-state index is 13.8. The van der Waals surface area contributed by atoms with Gasteiger partial charge >= 0.3 is 0 Å². The van der Waals surface area contributed by atoms with Crippen molar-refractivity contribution < 1.29 is 9.59 Å². The molecule has 0 radical (unpaired) electrons. The summed E-state index contributed by atoms with van der Waals surface area (Å²) in [5, 5.41) is 5.22. The number of nitrogens with one attached hydrogen (secondary N) is 1. The van der Waals surface area contributed by atoms with Crippen LogP contribution in [0.1, 0.15) is 92.5 Å². The van der Waals surface area contributed by atoms with Crippen LogP contribution < -0.4 is 5.32 Å². The van der Waals surface area contributed by atoms with Crippen LogP contribution >= 0.6 is 11.3 Å². The first-order valence-corrected chi connectivity index (χ1v) is 17.5. The second-order valence-corrected chi connectivity index (χ2v) is 14.0. The molecule has 8 heteroatoms. The van der Waals surface area contributed by atoms with Crippen LogP contribution in [0, 0.1) is 5.92 Å². The lowest BCUT2D eigenvalue weighted by Crippen LogP contribution is -2.53. The van der Waals surface area contributed by atoms with Crippen molar-refractivity contribution in [1.82, 2.24) is 24.7 Å². The number of fused-ring (bicyclic) bond motifs is 1. The highest BCUT2D eigenvalue weighted by Gasteiger charge is 2.31. The first-order chi connectivity index (χ1) is 21.8. The van der Waals surface area contributed by atoms with Gasteiger partial charge in [-0.25, -0.2) is 4.98 Å². The number of carbonyl (C=O) groups is 2. The average Bonchev–Trinajstić information content (AvgIpc) is 3.69. The summed E-state index contributed by atoms with van der Waals surface area (Å²) in [6.45, 7) is 11.0. The van der Waals surface area contributed by atoms with E-state index in [0.717, 1.165) is 55.5 Å². The van der Waals surface area contributed by atoms with E-state index in [0.29, 0.717) is 37.2 Å². The molecule has 7 nitrogen and oxygen atoms in total. The fourth-order valence-corrected chi connectivity index (χ4v) is 7.43. The van der Waals surface area contributed by atoms with E-state index >= 15 is 0 Å². The van der Waals surface area contributed by atoms with Crippen LogP contribution in [0.25, 0.3) is 11.0 Å². The van der Waals surface area contributed by atoms with Gasteiger partial charge in [0.25, 0.3) is 5.91 Å². The lowest BCUT2D eigenvalue weighted by Gasteiger charge is -2.38. The number of hydrogen-bond acceptors (Lipinski definition) is 5. The molecule has 3 heterocycles. The Kier molecular flexibility index (Phi) is 11.1. The van der Waals surface area contributed by atoms with E-state index in [4.69, 9.17) is 4.98 Å². The molecule has 0 spiro atoms. The quantitative estimate of drug-likeness (QED) is 0.169. The third-order valence-electron chi connectivity index (χ3n) is 9.23. The Labute approximate surface area is 272 Å². The summed E-state index contributed by atoms with van der Waals surface area (Å²) in [6, 6.07) is 20.8. The second kappa shape index (κ2) is 15.2. The lowest BCUT2D eigenvalue weighted by molar-refractivity contribution is -0.135. The smallest absolute Gasteiger partial charge is 0.252 e. The Bertz CT molecular complexity index is 1540. The number of carbonyl (C=O) groups excluding carboxylic acids is 2. The number of benzene rings is 2. The summed E-state index contributed by atoms with van der Waals surface area (Å²) >= 11 is 1.74. The van der Waals surface area contributed by atoms with Crippen molar-refractivity contribution in [3.05, 3.63) is 87.9 Å². The molecule has 1 aliphatic heterocycles. The number of amides is 2. The predicted molar refractivity (Wildman–Crippen MR) is 185 cm³/mol. The zero-order valence-corrected chi connectivity index (χ0v) is 28.4. The molecule has 1 aliphatic rings. The summed E-state index contributed by atoms with van der Waals surface area (Å²) < 4.78 is 2.36. The Morgan fingerprint density at radius 2 is 1.76 bits per heavy atom. The van der Waals surface area contributed by atoms with E-state index in [9.17, 15) is 9.59 Å². The molecular weight excluding hydrogens is 579 g/mol. The highest BCUT2D eigenvalue weighted by atomic mass is 32.1. The number of rotatable bonds is 13. The van der Waals surface area contributed by atoms with Gasteiger partial charge in [0.2, 0.25) is 5.91 Å². The topological polar surface area (TPSA) is 70.5 Å². The molecule has 2 aromatic carbocycles. The molecule has 5 rings (SSSR count). The van der Waals surface area contributed by atoms with Crippen LogP contribution in [0.5, 0.6) is 0 Å². The average molecular weight is 628 g/mol. The molecule has 1 atom stereocenters. The molecule has 0 aliphatic carbocycles. The lowest BCUT2D eigenvalue weighted by atomic mass is 9.98. The van der Waals surface area contributed by atoms with Crippen LogP contribution in [-0.2, 0) is 17.8 Å². The van der Waals surface area contributed by atoms with Gasteiger partial charge in [0.15, 0.2) is 0 Å². The molecule has 1 N–H and O–H groups in total. The van der Waals surface area contributed by atoms with E-state index in [1.807, 2.05) is 29.2 Å². The molecule has 0 saturated carbocycles. The van der Waals surface area contributed by atoms with Crippen molar-refractivity contribution in [3.8, 4) is 0 Å². The predicted octanol–water partition coefficient (Wildman–Crippen LogP) is 7.32. The van der Waals surface area contributed by atoms with Gasteiger partial charge < -0.3 is 14.8 Å². The Hall–Kier alpha value is -3.49. The monoisotopic (exact) mass is 627 g/mol. The standard InChI is InChI=1S/C37H49N5O2S/c1-6-29(7-2)42-34-16-15-28(23-32(34)38-35(42)24-31-14-11-21-45-31)36(43)39-33(22-26(3)4)37(44)41-19-17-30(18-20-41)40(5)25-27-12-9-8-10-13-27/h8-16,21,23,26,29-30,33H,6-7,17-20,22,24-25H2,1-5H3,(H,39,43)/t33-/m0/s1. The number of piperidine rings is 1. The maximum Gasteiger partial charge on any atom is 0.252 e. The van der Waals surface area contributed by atoms with Crippen LogP contribution in [0.2, 0.25) is 0 Å². The highest BCUT2D eigenvalue weighted by molar-refractivity contribution is 7.09. The minimum absolute atomic E-state index is 0.0264. The second-order valence-electron chi connectivity index (χ2n) is 12.9. The molecule has 2 amide bonds. The Balaban J connectivity index is 1.28. The van der Waals surface area contributed by atoms with Gasteiger partial charge in [0.1, 0.15) is 11.9 Å². The molecule has 1 saturated heterocycles. The van der Waals surface area contributed by atoms with Crippen molar-refractivity contribution in [3.63, 3.8) is 0 Å². The molecule has 2 aromatic heterocycles. The first kappa shape index (κ1) is 32.9. The van der Waals surface area contributed by atoms with Crippen molar-refractivity contribution >= 4 is 34.2 Å². The first-order valence-electron chi connectivity index (χ1n) is 16.6. The fraction of sp³-hybridized carbons (Fsp3) is 0.486. The van der Waals surface area contributed by atoms with Crippen LogP contribution in [-0.4, -0.2) is 63.4 Å². The molecule has 45 heavy (non-hydrogen) atoms. The molecule has 0 bridgehead atoms. The van der Waals surface area contributed by atoms with Gasteiger partial charge in [-0.15, -0.1) is 11.3 Å². The van der Waals surface area contributed by atoms with Gasteiger partial charge in [0.05, 0.1) is 11.0 Å². The number of aromatic nitrogens is 2. The van der Waals surface area contributed by atoms with Crippen LogP contribution in [0.3, 0.4) is 0 Å². The van der Waals surface area contributed by atoms with Crippen molar-refractivity contribution in [2.45, 2.75) is 90.9 Å². The summed E-state index contributed by atoms with van der Waals surface area (Å²) in [4.78, 5) is 38.1. The zero-order valence-electron chi connectivity index (χ0n) is 27.5. The molecule has 240 valence electrons. The van der Waals surface area contributed by atoms with Crippen molar-refractivity contribution in [2.24, 2.45) is 5.92 Å². The molecular formula is C37H49N5O2S. The van der Waals surface area contributed by atoms with Gasteiger partial charge in [-0.2, -0.15) is 0 Å². The van der Waals surface area contributed by atoms with Crippen molar-refractivity contribution in [1.29, 1.82) is 0 Å². The summed E-state index contributed by atoms with van der Waals surface area (Å²) in [6.07, 6.45) is 5.27. The van der Waals surface area contributed by atoms with Crippen molar-refractivity contribution in [2.75, 3.05) is 20.1 Å². The minimum atomic E-state index is -0.552. The molecule has 4 aromatic rings. The van der Waals surface area contributed by atoms with Gasteiger partial charge in [-0.1, -0.05) is 64.1 Å². The number of nitrogens with zero attached hydrogens (tertiary/aromatic N) is 4. The number of likely N-dealkylation sites (tertiary alicyclic amines) is 1. The SMILES string of the molecule is CCC(CC)n1c(Cc2cccs2)nc2cc(C(=O)N[C@@H](CC(C)C)C(=O)N3CCC(N(C)Cc4ccccc4)CC3)ccc21. The number of hydrogen-bond donors (Lipinski definition) is 1. The van der Waals surface area contributed by atoms with Gasteiger partial charge in [-0.3, -0.25) is 14.5 Å². The third kappa shape index (κ3) is 8.03. The summed E-state index contributed by atoms with van der Waals surface area (Å²) in [5.74, 6) is 1.11. The normalized spacial score (nSPS) is 15.0. The summed E-state index contributed by atoms with van der Waals surface area (Å²) in [7, 11) is 2.17. The maximum atomic E-state index is 13.8. The molecule has 1 fully saturated rings. The van der Waals surface area contributed by atoms with E-state index in [1.165, 1.54) is 10.4 Å². The van der Waals surface area contributed by atoms with E-state index in [-0.39, 0.29) is 17.7 Å². The minimum Gasteiger partial charge on any atom is -0.341 e. The third-order valence-corrected chi connectivity index (χ3v) is 10.1. The van der Waals surface area contributed by atoms with E-state index in [2.05, 4.69) is 91.3 Å². The van der Waals surface area contributed by atoms with E-state index in [1.54, 1.807) is 11.3 Å². The van der Waals surface area contributed by atoms with Gasteiger partial charge in [-0.05, 0) is 80.3 Å². The molecule has 0 unspecified atom stereocenters. The highest BCUT2D eigenvalue weighted by Crippen LogP contribution is 2.29.